The van der Waals surface area contributed by atoms with Crippen LogP contribution in [0.5, 0.6) is 5.75 Å². The summed E-state index contributed by atoms with van der Waals surface area (Å²) >= 11 is 11.7. The summed E-state index contributed by atoms with van der Waals surface area (Å²) in [6, 6.07) is 16.1. The van der Waals surface area contributed by atoms with Crippen molar-refractivity contribution < 1.29 is 28.2 Å². The van der Waals surface area contributed by atoms with Gasteiger partial charge in [-0.05, 0) is 42.5 Å². The van der Waals surface area contributed by atoms with Crippen LogP contribution >= 0.6 is 23.2 Å². The number of benzene rings is 3. The first-order chi connectivity index (χ1) is 15.3. The molecule has 0 aromatic heterocycles. The molecule has 1 N–H and O–H groups in total. The number of ketones is 1. The SMILES string of the molecule is O=C(COc1ccccc1C(=O)OCC(=O)c1ccc(Cl)c(Cl)c1)Nc1ccccc1F. The van der Waals surface area contributed by atoms with Crippen LogP contribution in [-0.4, -0.2) is 30.9 Å². The summed E-state index contributed by atoms with van der Waals surface area (Å²) in [6.07, 6.45) is 0. The number of carbonyl (C=O) groups excluding carboxylic acids is 3. The highest BCUT2D eigenvalue weighted by Gasteiger charge is 2.17. The molecule has 0 atom stereocenters. The van der Waals surface area contributed by atoms with Crippen molar-refractivity contribution in [1.82, 2.24) is 0 Å². The number of hydrogen-bond donors (Lipinski definition) is 1. The number of nitrogens with one attached hydrogen (secondary N) is 1. The van der Waals surface area contributed by atoms with Gasteiger partial charge < -0.3 is 14.8 Å². The topological polar surface area (TPSA) is 81.7 Å². The van der Waals surface area contributed by atoms with Gasteiger partial charge >= 0.3 is 5.97 Å². The second-order valence-electron chi connectivity index (χ2n) is 6.44. The maximum atomic E-state index is 13.6. The van der Waals surface area contributed by atoms with Crippen molar-refractivity contribution >= 4 is 46.5 Å². The average Bonchev–Trinajstić information content (AvgIpc) is 2.79. The summed E-state index contributed by atoms with van der Waals surface area (Å²) in [6.45, 7) is -1.00. The zero-order chi connectivity index (χ0) is 23.1. The Balaban J connectivity index is 1.59. The molecule has 0 aliphatic heterocycles. The van der Waals surface area contributed by atoms with E-state index in [1.807, 2.05) is 0 Å². The zero-order valence-electron chi connectivity index (χ0n) is 16.4. The summed E-state index contributed by atoms with van der Waals surface area (Å²) in [7, 11) is 0. The Bertz CT molecular complexity index is 1170. The molecule has 0 unspecified atom stereocenters. The molecule has 1 amide bonds. The molecular weight excluding hydrogens is 460 g/mol. The van der Waals surface area contributed by atoms with Crippen LogP contribution in [0.25, 0.3) is 0 Å². The van der Waals surface area contributed by atoms with Crippen molar-refractivity contribution in [2.24, 2.45) is 0 Å². The van der Waals surface area contributed by atoms with Crippen LogP contribution in [-0.2, 0) is 9.53 Å². The van der Waals surface area contributed by atoms with Gasteiger partial charge in [0, 0.05) is 5.56 Å². The van der Waals surface area contributed by atoms with Gasteiger partial charge in [0.25, 0.3) is 5.91 Å². The van der Waals surface area contributed by atoms with E-state index in [9.17, 15) is 18.8 Å². The molecule has 0 radical (unpaired) electrons. The summed E-state index contributed by atoms with van der Waals surface area (Å²) in [5.41, 5.74) is 0.268. The quantitative estimate of drug-likeness (QED) is 0.358. The number of hydrogen-bond acceptors (Lipinski definition) is 5. The van der Waals surface area contributed by atoms with Gasteiger partial charge in [0.15, 0.2) is 19.0 Å². The molecule has 6 nitrogen and oxygen atoms in total. The Hall–Kier alpha value is -3.42. The standard InChI is InChI=1S/C23H16Cl2FNO5/c24-16-10-9-14(11-17(16)25)20(28)12-32-23(30)15-5-1-4-8-21(15)31-13-22(29)27-19-7-3-2-6-18(19)26/h1-11H,12-13H2,(H,27,29). The second kappa shape index (κ2) is 10.7. The Morgan fingerprint density at radius 1 is 0.875 bits per heavy atom. The fraction of sp³-hybridized carbons (Fsp3) is 0.0870. The molecule has 0 saturated carbocycles. The summed E-state index contributed by atoms with van der Waals surface area (Å²) in [5, 5.41) is 2.88. The molecule has 3 aromatic rings. The van der Waals surface area contributed by atoms with Gasteiger partial charge in [-0.15, -0.1) is 0 Å². The summed E-state index contributed by atoms with van der Waals surface area (Å²) < 4.78 is 24.1. The lowest BCUT2D eigenvalue weighted by molar-refractivity contribution is -0.118. The number of esters is 1. The first-order valence-corrected chi connectivity index (χ1v) is 10.0. The van der Waals surface area contributed by atoms with Crippen LogP contribution in [0.4, 0.5) is 10.1 Å². The first-order valence-electron chi connectivity index (χ1n) is 9.26. The number of Topliss-reactive ketones (excluding diaryl/α,β-unsaturated/α-hetero) is 1. The minimum absolute atomic E-state index is 0.00890. The van der Waals surface area contributed by atoms with E-state index in [4.69, 9.17) is 32.7 Å². The molecule has 3 rings (SSSR count). The number of anilines is 1. The second-order valence-corrected chi connectivity index (χ2v) is 7.26. The minimum atomic E-state index is -0.816. The van der Waals surface area contributed by atoms with Crippen LogP contribution in [0.15, 0.2) is 66.7 Å². The van der Waals surface area contributed by atoms with Gasteiger partial charge in [-0.3, -0.25) is 9.59 Å². The number of ether oxygens (including phenoxy) is 2. The van der Waals surface area contributed by atoms with Gasteiger partial charge in [0.2, 0.25) is 0 Å². The van der Waals surface area contributed by atoms with Crippen molar-refractivity contribution in [2.45, 2.75) is 0 Å². The van der Waals surface area contributed by atoms with Crippen LogP contribution in [0.1, 0.15) is 20.7 Å². The third kappa shape index (κ3) is 6.06. The van der Waals surface area contributed by atoms with Crippen molar-refractivity contribution in [2.75, 3.05) is 18.5 Å². The van der Waals surface area contributed by atoms with Crippen LogP contribution < -0.4 is 10.1 Å². The molecule has 3 aromatic carbocycles. The number of rotatable bonds is 8. The van der Waals surface area contributed by atoms with E-state index in [0.29, 0.717) is 5.02 Å². The van der Waals surface area contributed by atoms with Crippen LogP contribution in [0, 0.1) is 5.82 Å². The van der Waals surface area contributed by atoms with Crippen molar-refractivity contribution in [1.29, 1.82) is 0 Å². The molecule has 0 spiro atoms. The molecular formula is C23H16Cl2FNO5. The minimum Gasteiger partial charge on any atom is -0.483 e. The molecule has 0 aliphatic rings. The van der Waals surface area contributed by atoms with Gasteiger partial charge in [0.1, 0.15) is 17.1 Å². The van der Waals surface area contributed by atoms with E-state index in [2.05, 4.69) is 5.32 Å². The molecule has 0 heterocycles. The Labute approximate surface area is 192 Å². The van der Waals surface area contributed by atoms with Gasteiger partial charge in [-0.1, -0.05) is 47.5 Å². The summed E-state index contributed by atoms with van der Waals surface area (Å²) in [4.78, 5) is 36.8. The highest BCUT2D eigenvalue weighted by atomic mass is 35.5. The number of para-hydroxylation sites is 2. The number of carbonyl (C=O) groups is 3. The lowest BCUT2D eigenvalue weighted by Gasteiger charge is -2.11. The lowest BCUT2D eigenvalue weighted by Crippen LogP contribution is -2.22. The third-order valence-electron chi connectivity index (χ3n) is 4.19. The monoisotopic (exact) mass is 475 g/mol. The Morgan fingerprint density at radius 2 is 1.59 bits per heavy atom. The van der Waals surface area contributed by atoms with Gasteiger partial charge in [-0.2, -0.15) is 0 Å². The molecule has 0 saturated heterocycles. The fourth-order valence-corrected chi connectivity index (χ4v) is 2.91. The van der Waals surface area contributed by atoms with E-state index in [1.54, 1.807) is 18.2 Å². The molecule has 32 heavy (non-hydrogen) atoms. The Kier molecular flexibility index (Phi) is 7.81. The van der Waals surface area contributed by atoms with Crippen LogP contribution in [0.2, 0.25) is 10.0 Å². The van der Waals surface area contributed by atoms with Gasteiger partial charge in [-0.25, -0.2) is 9.18 Å². The first kappa shape index (κ1) is 23.2. The van der Waals surface area contributed by atoms with Crippen molar-refractivity contribution in [3.63, 3.8) is 0 Å². The largest absolute Gasteiger partial charge is 0.483 e. The fourth-order valence-electron chi connectivity index (χ4n) is 2.62. The maximum Gasteiger partial charge on any atom is 0.342 e. The molecule has 0 aliphatic carbocycles. The third-order valence-corrected chi connectivity index (χ3v) is 4.93. The van der Waals surface area contributed by atoms with E-state index in [-0.39, 0.29) is 27.6 Å². The predicted octanol–water partition coefficient (Wildman–Crippen LogP) is 5.19. The van der Waals surface area contributed by atoms with E-state index >= 15 is 0 Å². The average molecular weight is 476 g/mol. The molecule has 0 fully saturated rings. The normalized spacial score (nSPS) is 10.3. The van der Waals surface area contributed by atoms with E-state index in [1.165, 1.54) is 48.5 Å². The van der Waals surface area contributed by atoms with Crippen LogP contribution in [0.3, 0.4) is 0 Å². The summed E-state index contributed by atoms with van der Waals surface area (Å²) in [5.74, 6) is -2.42. The highest BCUT2D eigenvalue weighted by molar-refractivity contribution is 6.42. The molecule has 9 heteroatoms. The van der Waals surface area contributed by atoms with Gasteiger partial charge in [0.05, 0.1) is 15.7 Å². The van der Waals surface area contributed by atoms with Crippen molar-refractivity contribution in [3.8, 4) is 5.75 Å². The highest BCUT2D eigenvalue weighted by Crippen LogP contribution is 2.23. The zero-order valence-corrected chi connectivity index (χ0v) is 18.0. The number of amides is 1. The molecule has 0 bridgehead atoms. The predicted molar refractivity (Wildman–Crippen MR) is 118 cm³/mol. The smallest absolute Gasteiger partial charge is 0.342 e. The number of halogens is 3. The molecule has 164 valence electrons. The van der Waals surface area contributed by atoms with E-state index in [0.717, 1.165) is 0 Å². The Morgan fingerprint density at radius 3 is 2.34 bits per heavy atom. The maximum absolute atomic E-state index is 13.6. The lowest BCUT2D eigenvalue weighted by atomic mass is 10.1. The van der Waals surface area contributed by atoms with E-state index < -0.39 is 36.7 Å². The van der Waals surface area contributed by atoms with Crippen molar-refractivity contribution in [3.05, 3.63) is 93.7 Å².